The number of nitrogens with zero attached hydrogens (tertiary/aromatic N) is 1. The SMILES string of the molecule is CC1CCCC(Nc2ncccc2C(F)(F)F)C1C. The smallest absolute Gasteiger partial charge is 0.367 e. The number of rotatable bonds is 2. The van der Waals surface area contributed by atoms with Gasteiger partial charge in [0.25, 0.3) is 0 Å². The van der Waals surface area contributed by atoms with Crippen LogP contribution in [0.3, 0.4) is 0 Å². The maximum Gasteiger partial charge on any atom is 0.419 e. The summed E-state index contributed by atoms with van der Waals surface area (Å²) in [7, 11) is 0. The molecule has 0 amide bonds. The summed E-state index contributed by atoms with van der Waals surface area (Å²) < 4.78 is 38.7. The number of pyridine rings is 1. The fourth-order valence-corrected chi connectivity index (χ4v) is 2.71. The average Bonchev–Trinajstić information content (AvgIpc) is 2.34. The number of aromatic nitrogens is 1. The van der Waals surface area contributed by atoms with Gasteiger partial charge in [-0.3, -0.25) is 0 Å². The Morgan fingerprint density at radius 3 is 2.68 bits per heavy atom. The Hall–Kier alpha value is -1.26. The van der Waals surface area contributed by atoms with E-state index < -0.39 is 11.7 Å². The van der Waals surface area contributed by atoms with Gasteiger partial charge in [-0.2, -0.15) is 13.2 Å². The third kappa shape index (κ3) is 3.19. The predicted octanol–water partition coefficient (Wildman–Crippen LogP) is 4.34. The first kappa shape index (κ1) is 14.2. The van der Waals surface area contributed by atoms with Crippen molar-refractivity contribution >= 4 is 5.82 Å². The zero-order chi connectivity index (χ0) is 14.0. The maximum absolute atomic E-state index is 12.9. The molecule has 0 bridgehead atoms. The van der Waals surface area contributed by atoms with Gasteiger partial charge in [0.1, 0.15) is 5.82 Å². The fraction of sp³-hybridized carbons (Fsp3) is 0.643. The second-order valence-electron chi connectivity index (χ2n) is 5.42. The average molecular weight is 272 g/mol. The molecule has 1 N–H and O–H groups in total. The molecule has 3 atom stereocenters. The second-order valence-corrected chi connectivity index (χ2v) is 5.42. The molecule has 1 aliphatic carbocycles. The zero-order valence-electron chi connectivity index (χ0n) is 11.2. The Morgan fingerprint density at radius 1 is 1.26 bits per heavy atom. The van der Waals surface area contributed by atoms with Crippen molar-refractivity contribution in [2.45, 2.75) is 45.3 Å². The van der Waals surface area contributed by atoms with Gasteiger partial charge in [0.2, 0.25) is 0 Å². The van der Waals surface area contributed by atoms with Crippen LogP contribution in [0, 0.1) is 11.8 Å². The number of hydrogen-bond acceptors (Lipinski definition) is 2. The van der Waals surface area contributed by atoms with Crippen LogP contribution in [0.15, 0.2) is 18.3 Å². The third-order valence-electron chi connectivity index (χ3n) is 4.14. The zero-order valence-corrected chi connectivity index (χ0v) is 11.2. The lowest BCUT2D eigenvalue weighted by Gasteiger charge is -2.35. The van der Waals surface area contributed by atoms with Gasteiger partial charge >= 0.3 is 6.18 Å². The highest BCUT2D eigenvalue weighted by Gasteiger charge is 2.35. The van der Waals surface area contributed by atoms with E-state index in [9.17, 15) is 13.2 Å². The normalized spacial score (nSPS) is 28.2. The quantitative estimate of drug-likeness (QED) is 0.866. The topological polar surface area (TPSA) is 24.9 Å². The summed E-state index contributed by atoms with van der Waals surface area (Å²) in [6, 6.07) is 2.47. The minimum absolute atomic E-state index is 0.0408. The van der Waals surface area contributed by atoms with Gasteiger partial charge < -0.3 is 5.32 Å². The van der Waals surface area contributed by atoms with Crippen molar-refractivity contribution < 1.29 is 13.2 Å². The Labute approximate surface area is 111 Å². The lowest BCUT2D eigenvalue weighted by molar-refractivity contribution is -0.137. The summed E-state index contributed by atoms with van der Waals surface area (Å²) in [6.07, 6.45) is 0.138. The van der Waals surface area contributed by atoms with Crippen molar-refractivity contribution in [3.8, 4) is 0 Å². The highest BCUT2D eigenvalue weighted by Crippen LogP contribution is 2.36. The van der Waals surface area contributed by atoms with E-state index in [4.69, 9.17) is 0 Å². The molecule has 1 aromatic heterocycles. The van der Waals surface area contributed by atoms with Crippen molar-refractivity contribution in [2.75, 3.05) is 5.32 Å². The molecule has 0 aromatic carbocycles. The van der Waals surface area contributed by atoms with Gasteiger partial charge in [0, 0.05) is 12.2 Å². The van der Waals surface area contributed by atoms with Crippen LogP contribution in [-0.4, -0.2) is 11.0 Å². The molecule has 0 aliphatic heterocycles. The van der Waals surface area contributed by atoms with Gasteiger partial charge in [-0.05, 0) is 30.4 Å². The van der Waals surface area contributed by atoms with Crippen LogP contribution in [0.2, 0.25) is 0 Å². The lowest BCUT2D eigenvalue weighted by atomic mass is 9.78. The van der Waals surface area contributed by atoms with Gasteiger partial charge in [0.15, 0.2) is 0 Å². The molecule has 106 valence electrons. The van der Waals surface area contributed by atoms with E-state index in [1.807, 2.05) is 0 Å². The first-order valence-corrected chi connectivity index (χ1v) is 6.68. The van der Waals surface area contributed by atoms with E-state index in [-0.39, 0.29) is 11.9 Å². The Bertz CT molecular complexity index is 431. The summed E-state index contributed by atoms with van der Waals surface area (Å²) in [5.74, 6) is 0.849. The summed E-state index contributed by atoms with van der Waals surface area (Å²) >= 11 is 0. The number of alkyl halides is 3. The molecule has 0 radical (unpaired) electrons. The fourth-order valence-electron chi connectivity index (χ4n) is 2.71. The van der Waals surface area contributed by atoms with Gasteiger partial charge in [-0.15, -0.1) is 0 Å². The van der Waals surface area contributed by atoms with Gasteiger partial charge in [0.05, 0.1) is 5.56 Å². The molecule has 1 aliphatic rings. The third-order valence-corrected chi connectivity index (χ3v) is 4.14. The van der Waals surface area contributed by atoms with Crippen molar-refractivity contribution in [1.82, 2.24) is 4.98 Å². The molecular formula is C14H19F3N2. The van der Waals surface area contributed by atoms with E-state index >= 15 is 0 Å². The molecule has 1 fully saturated rings. The van der Waals surface area contributed by atoms with Crippen molar-refractivity contribution in [3.63, 3.8) is 0 Å². The molecule has 1 aromatic rings. The van der Waals surface area contributed by atoms with Crippen LogP contribution in [-0.2, 0) is 6.18 Å². The van der Waals surface area contributed by atoms with E-state index in [2.05, 4.69) is 24.1 Å². The highest BCUT2D eigenvalue weighted by atomic mass is 19.4. The highest BCUT2D eigenvalue weighted by molar-refractivity contribution is 5.46. The molecule has 1 saturated carbocycles. The molecule has 0 spiro atoms. The van der Waals surface area contributed by atoms with E-state index in [0.717, 1.165) is 25.3 Å². The van der Waals surface area contributed by atoms with Crippen LogP contribution in [0.4, 0.5) is 19.0 Å². The van der Waals surface area contributed by atoms with Gasteiger partial charge in [-0.25, -0.2) is 4.98 Å². The van der Waals surface area contributed by atoms with Crippen LogP contribution < -0.4 is 5.32 Å². The minimum Gasteiger partial charge on any atom is -0.367 e. The number of halogens is 3. The van der Waals surface area contributed by atoms with Crippen LogP contribution in [0.1, 0.15) is 38.7 Å². The number of nitrogens with one attached hydrogen (secondary N) is 1. The molecule has 2 nitrogen and oxygen atoms in total. The van der Waals surface area contributed by atoms with Crippen molar-refractivity contribution in [1.29, 1.82) is 0 Å². The van der Waals surface area contributed by atoms with Crippen molar-refractivity contribution in [3.05, 3.63) is 23.9 Å². The molecule has 3 unspecified atom stereocenters. The standard InChI is InChI=1S/C14H19F3N2/c1-9-5-3-7-12(10(9)2)19-13-11(14(15,16)17)6-4-8-18-13/h4,6,8-10,12H,3,5,7H2,1-2H3,(H,18,19). The Kier molecular flexibility index (Phi) is 4.02. The number of hydrogen-bond donors (Lipinski definition) is 1. The lowest BCUT2D eigenvalue weighted by Crippen LogP contribution is -2.35. The summed E-state index contributed by atoms with van der Waals surface area (Å²) in [5, 5.41) is 3.01. The molecule has 1 heterocycles. The van der Waals surface area contributed by atoms with Crippen LogP contribution in [0.25, 0.3) is 0 Å². The predicted molar refractivity (Wildman–Crippen MR) is 68.8 cm³/mol. The summed E-state index contributed by atoms with van der Waals surface area (Å²) in [6.45, 7) is 4.25. The van der Waals surface area contributed by atoms with Crippen LogP contribution in [0.5, 0.6) is 0 Å². The van der Waals surface area contributed by atoms with E-state index in [1.165, 1.54) is 12.3 Å². The molecule has 0 saturated heterocycles. The molecule has 19 heavy (non-hydrogen) atoms. The van der Waals surface area contributed by atoms with Gasteiger partial charge in [-0.1, -0.05) is 26.7 Å². The van der Waals surface area contributed by atoms with Crippen LogP contribution >= 0.6 is 0 Å². The monoisotopic (exact) mass is 272 g/mol. The van der Waals surface area contributed by atoms with E-state index in [1.54, 1.807) is 0 Å². The summed E-state index contributed by atoms with van der Waals surface area (Å²) in [5.41, 5.74) is -0.680. The Morgan fingerprint density at radius 2 is 2.00 bits per heavy atom. The minimum atomic E-state index is -4.36. The Balaban J connectivity index is 2.19. The summed E-state index contributed by atoms with van der Waals surface area (Å²) in [4.78, 5) is 3.87. The maximum atomic E-state index is 12.9. The number of anilines is 1. The first-order chi connectivity index (χ1) is 8.89. The van der Waals surface area contributed by atoms with E-state index in [0.29, 0.717) is 11.8 Å². The molecule has 2 rings (SSSR count). The van der Waals surface area contributed by atoms with Crippen molar-refractivity contribution in [2.24, 2.45) is 11.8 Å². The molecular weight excluding hydrogens is 253 g/mol. The second kappa shape index (κ2) is 5.39. The largest absolute Gasteiger partial charge is 0.419 e. The molecule has 5 heteroatoms. The first-order valence-electron chi connectivity index (χ1n) is 6.68.